The summed E-state index contributed by atoms with van der Waals surface area (Å²) in [5.41, 5.74) is 3.39. The standard InChI is InChI=1S/C24H31N3O/c1-15-5-4-6-22(16(15)2)27-23(28)21(13-25)14-26-17(3)24-10-18-7-19(11-24)9-20(8-18)12-24/h4-6,14,17-20,26H,7-12H2,1-3H3,(H,27,28)/b21-14-. The van der Waals surface area contributed by atoms with Crippen molar-refractivity contribution in [1.29, 1.82) is 5.26 Å². The molecule has 0 aromatic heterocycles. The zero-order valence-corrected chi connectivity index (χ0v) is 17.2. The summed E-state index contributed by atoms with van der Waals surface area (Å²) in [5.74, 6) is 2.33. The van der Waals surface area contributed by atoms with Gasteiger partial charge in [-0.25, -0.2) is 0 Å². The number of nitrogens with zero attached hydrogens (tertiary/aromatic N) is 1. The molecule has 0 radical (unpaired) electrons. The van der Waals surface area contributed by atoms with E-state index in [1.807, 2.05) is 32.0 Å². The van der Waals surface area contributed by atoms with Crippen LogP contribution in [0.15, 0.2) is 30.0 Å². The minimum Gasteiger partial charge on any atom is -0.387 e. The van der Waals surface area contributed by atoms with Crippen molar-refractivity contribution < 1.29 is 4.79 Å². The Kier molecular flexibility index (Phi) is 4.95. The van der Waals surface area contributed by atoms with Crippen LogP contribution in [0.5, 0.6) is 0 Å². The monoisotopic (exact) mass is 377 g/mol. The Balaban J connectivity index is 1.44. The first-order valence-electron chi connectivity index (χ1n) is 10.6. The summed E-state index contributed by atoms with van der Waals surface area (Å²) in [6.07, 6.45) is 9.81. The van der Waals surface area contributed by atoms with E-state index in [0.29, 0.717) is 5.41 Å². The van der Waals surface area contributed by atoms with E-state index < -0.39 is 0 Å². The van der Waals surface area contributed by atoms with Crippen LogP contribution in [-0.2, 0) is 4.79 Å². The molecule has 2 N–H and O–H groups in total. The van der Waals surface area contributed by atoms with Gasteiger partial charge in [0.2, 0.25) is 0 Å². The van der Waals surface area contributed by atoms with Crippen molar-refractivity contribution in [1.82, 2.24) is 5.32 Å². The lowest BCUT2D eigenvalue weighted by Gasteiger charge is -2.59. The van der Waals surface area contributed by atoms with Crippen molar-refractivity contribution in [2.24, 2.45) is 23.2 Å². The maximum Gasteiger partial charge on any atom is 0.267 e. The van der Waals surface area contributed by atoms with Gasteiger partial charge in [0.1, 0.15) is 11.6 Å². The average Bonchev–Trinajstić information content (AvgIpc) is 2.64. The van der Waals surface area contributed by atoms with E-state index in [4.69, 9.17) is 0 Å². The van der Waals surface area contributed by atoms with E-state index in [2.05, 4.69) is 23.6 Å². The second-order valence-electron chi connectivity index (χ2n) is 9.54. The molecule has 4 saturated carbocycles. The summed E-state index contributed by atoms with van der Waals surface area (Å²) in [6.45, 7) is 6.23. The molecule has 5 rings (SSSR count). The lowest BCUT2D eigenvalue weighted by Crippen LogP contribution is -2.54. The number of aryl methyl sites for hydroxylation is 1. The quantitative estimate of drug-likeness (QED) is 0.570. The zero-order chi connectivity index (χ0) is 19.9. The fourth-order valence-corrected chi connectivity index (χ4v) is 6.32. The van der Waals surface area contributed by atoms with Gasteiger partial charge in [0.15, 0.2) is 0 Å². The number of hydrogen-bond donors (Lipinski definition) is 2. The number of carbonyl (C=O) groups is 1. The lowest BCUT2D eigenvalue weighted by molar-refractivity contribution is -0.112. The number of anilines is 1. The summed E-state index contributed by atoms with van der Waals surface area (Å²) in [7, 11) is 0. The number of nitrogens with one attached hydrogen (secondary N) is 2. The van der Waals surface area contributed by atoms with Gasteiger partial charge in [0.05, 0.1) is 0 Å². The summed E-state index contributed by atoms with van der Waals surface area (Å²) < 4.78 is 0. The van der Waals surface area contributed by atoms with Crippen LogP contribution in [0.25, 0.3) is 0 Å². The average molecular weight is 378 g/mol. The van der Waals surface area contributed by atoms with Gasteiger partial charge >= 0.3 is 0 Å². The van der Waals surface area contributed by atoms with Gasteiger partial charge in [0.25, 0.3) is 5.91 Å². The summed E-state index contributed by atoms with van der Waals surface area (Å²) in [6, 6.07) is 8.17. The molecule has 4 bridgehead atoms. The van der Waals surface area contributed by atoms with Gasteiger partial charge in [-0.05, 0) is 99.7 Å². The Morgan fingerprint density at radius 3 is 2.36 bits per heavy atom. The molecule has 0 heterocycles. The van der Waals surface area contributed by atoms with E-state index in [-0.39, 0.29) is 17.5 Å². The number of nitriles is 1. The maximum absolute atomic E-state index is 12.6. The van der Waals surface area contributed by atoms with Crippen LogP contribution in [0.3, 0.4) is 0 Å². The maximum atomic E-state index is 12.6. The number of amides is 1. The van der Waals surface area contributed by atoms with E-state index in [1.54, 1.807) is 6.20 Å². The molecule has 1 aromatic carbocycles. The molecule has 1 aromatic rings. The van der Waals surface area contributed by atoms with Crippen molar-refractivity contribution in [3.63, 3.8) is 0 Å². The highest BCUT2D eigenvalue weighted by atomic mass is 16.1. The highest BCUT2D eigenvalue weighted by Crippen LogP contribution is 2.61. The number of hydrogen-bond acceptors (Lipinski definition) is 3. The Morgan fingerprint density at radius 1 is 1.18 bits per heavy atom. The van der Waals surface area contributed by atoms with E-state index >= 15 is 0 Å². The number of carbonyl (C=O) groups excluding carboxylic acids is 1. The van der Waals surface area contributed by atoms with Gasteiger partial charge in [-0.1, -0.05) is 12.1 Å². The van der Waals surface area contributed by atoms with Crippen LogP contribution < -0.4 is 10.6 Å². The van der Waals surface area contributed by atoms with Crippen molar-refractivity contribution in [2.45, 2.75) is 65.3 Å². The topological polar surface area (TPSA) is 64.9 Å². The second-order valence-corrected chi connectivity index (χ2v) is 9.54. The molecule has 148 valence electrons. The molecule has 1 amide bonds. The van der Waals surface area contributed by atoms with Crippen LogP contribution >= 0.6 is 0 Å². The molecule has 4 aliphatic carbocycles. The molecule has 0 spiro atoms. The third kappa shape index (κ3) is 3.43. The van der Waals surface area contributed by atoms with Gasteiger partial charge in [-0.3, -0.25) is 4.79 Å². The van der Waals surface area contributed by atoms with Crippen molar-refractivity contribution in [3.05, 3.63) is 41.1 Å². The molecule has 28 heavy (non-hydrogen) atoms. The number of benzene rings is 1. The smallest absolute Gasteiger partial charge is 0.267 e. The van der Waals surface area contributed by atoms with Crippen molar-refractivity contribution in [2.75, 3.05) is 5.32 Å². The first kappa shape index (κ1) is 19.1. The molecular formula is C24H31N3O. The van der Waals surface area contributed by atoms with Crippen LogP contribution in [0.4, 0.5) is 5.69 Å². The third-order valence-corrected chi connectivity index (χ3v) is 7.70. The van der Waals surface area contributed by atoms with E-state index in [0.717, 1.165) is 34.6 Å². The van der Waals surface area contributed by atoms with Gasteiger partial charge in [-0.15, -0.1) is 0 Å². The van der Waals surface area contributed by atoms with Crippen molar-refractivity contribution in [3.8, 4) is 6.07 Å². The highest BCUT2D eigenvalue weighted by Gasteiger charge is 2.53. The normalized spacial score (nSPS) is 31.9. The molecular weight excluding hydrogens is 346 g/mol. The molecule has 4 fully saturated rings. The van der Waals surface area contributed by atoms with Gasteiger partial charge < -0.3 is 10.6 Å². The molecule has 1 unspecified atom stereocenters. The Labute approximate surface area is 168 Å². The second kappa shape index (κ2) is 7.28. The highest BCUT2D eigenvalue weighted by molar-refractivity contribution is 6.06. The SMILES string of the molecule is Cc1cccc(NC(=O)/C(C#N)=C\NC(C)C23CC4CC(CC(C4)C2)C3)c1C. The van der Waals surface area contributed by atoms with Crippen molar-refractivity contribution >= 4 is 11.6 Å². The van der Waals surface area contributed by atoms with Crippen LogP contribution in [0.2, 0.25) is 0 Å². The Morgan fingerprint density at radius 2 is 1.79 bits per heavy atom. The van der Waals surface area contributed by atoms with E-state index in [1.165, 1.54) is 38.5 Å². The van der Waals surface area contributed by atoms with Gasteiger partial charge in [0, 0.05) is 17.9 Å². The largest absolute Gasteiger partial charge is 0.387 e. The fourth-order valence-electron chi connectivity index (χ4n) is 6.32. The summed E-state index contributed by atoms with van der Waals surface area (Å²) in [4.78, 5) is 12.6. The molecule has 1 atom stereocenters. The number of rotatable bonds is 5. The van der Waals surface area contributed by atoms with Crippen LogP contribution in [0, 0.1) is 48.3 Å². The molecule has 4 heteroatoms. The van der Waals surface area contributed by atoms with Crippen LogP contribution in [0.1, 0.15) is 56.6 Å². The first-order chi connectivity index (χ1) is 13.4. The third-order valence-electron chi connectivity index (χ3n) is 7.70. The molecule has 4 nitrogen and oxygen atoms in total. The molecule has 4 aliphatic rings. The van der Waals surface area contributed by atoms with E-state index in [9.17, 15) is 10.1 Å². The fraction of sp³-hybridized carbons (Fsp3) is 0.583. The first-order valence-corrected chi connectivity index (χ1v) is 10.6. The minimum absolute atomic E-state index is 0.137. The molecule has 0 saturated heterocycles. The lowest BCUT2D eigenvalue weighted by atomic mass is 9.48. The summed E-state index contributed by atoms with van der Waals surface area (Å²) in [5, 5.41) is 15.9. The molecule has 0 aliphatic heterocycles. The Hall–Kier alpha value is -2.28. The Bertz CT molecular complexity index is 813. The predicted octanol–water partition coefficient (Wildman–Crippen LogP) is 4.84. The predicted molar refractivity (Wildman–Crippen MR) is 111 cm³/mol. The zero-order valence-electron chi connectivity index (χ0n) is 17.2. The summed E-state index contributed by atoms with van der Waals surface area (Å²) >= 11 is 0. The van der Waals surface area contributed by atoms with Gasteiger partial charge in [-0.2, -0.15) is 5.26 Å². The van der Waals surface area contributed by atoms with Crippen LogP contribution in [-0.4, -0.2) is 11.9 Å². The minimum atomic E-state index is -0.346.